The number of methoxy groups -OCH3 is 1. The summed E-state index contributed by atoms with van der Waals surface area (Å²) in [5.41, 5.74) is 0.996. The van der Waals surface area contributed by atoms with Crippen LogP contribution in [0, 0.1) is 0 Å². The molecule has 34 heavy (non-hydrogen) atoms. The molecule has 1 aromatic heterocycles. The van der Waals surface area contributed by atoms with Gasteiger partial charge in [0.05, 0.1) is 20.1 Å². The number of halogens is 1. The Morgan fingerprint density at radius 2 is 1.88 bits per heavy atom. The Bertz CT molecular complexity index is 1010. The van der Waals surface area contributed by atoms with Gasteiger partial charge < -0.3 is 19.4 Å². The molecule has 3 amide bonds. The highest BCUT2D eigenvalue weighted by molar-refractivity contribution is 7.09. The summed E-state index contributed by atoms with van der Waals surface area (Å²) in [6, 6.07) is 10.3. The summed E-state index contributed by atoms with van der Waals surface area (Å²) < 4.78 is 4.62. The van der Waals surface area contributed by atoms with Crippen LogP contribution in [0.25, 0.3) is 0 Å². The van der Waals surface area contributed by atoms with Gasteiger partial charge in [0.15, 0.2) is 0 Å². The van der Waals surface area contributed by atoms with Crippen LogP contribution in [0.5, 0.6) is 0 Å². The minimum Gasteiger partial charge on any atom is -0.468 e. The molecule has 0 saturated carbocycles. The Balaban J connectivity index is 1.72. The van der Waals surface area contributed by atoms with Gasteiger partial charge in [-0.15, -0.1) is 11.3 Å². The highest BCUT2D eigenvalue weighted by Gasteiger charge is 2.40. The molecule has 2 heterocycles. The lowest BCUT2D eigenvalue weighted by Gasteiger charge is -2.40. The van der Waals surface area contributed by atoms with E-state index in [-0.39, 0.29) is 31.3 Å². The number of rotatable bonds is 10. The molecule has 0 aliphatic carbocycles. The van der Waals surface area contributed by atoms with Crippen LogP contribution in [0.15, 0.2) is 41.8 Å². The molecule has 2 aromatic rings. The topological polar surface area (TPSA) is 87.2 Å². The Labute approximate surface area is 208 Å². The molecule has 0 bridgehead atoms. The molecule has 182 valence electrons. The number of likely N-dealkylation sites (N-methyl/N-ethyl adjacent to an activating group) is 1. The van der Waals surface area contributed by atoms with Crippen molar-refractivity contribution in [2.75, 3.05) is 40.3 Å². The molecule has 1 fully saturated rings. The Morgan fingerprint density at radius 3 is 2.53 bits per heavy atom. The lowest BCUT2D eigenvalue weighted by Crippen LogP contribution is -2.61. The Morgan fingerprint density at radius 1 is 1.15 bits per heavy atom. The second-order valence-electron chi connectivity index (χ2n) is 8.10. The van der Waals surface area contributed by atoms with Crippen LogP contribution in [-0.2, 0) is 36.8 Å². The molecule has 1 atom stereocenters. The van der Waals surface area contributed by atoms with Crippen molar-refractivity contribution in [1.29, 1.82) is 0 Å². The van der Waals surface area contributed by atoms with Gasteiger partial charge in [0.1, 0.15) is 12.6 Å². The second-order valence-corrected chi connectivity index (χ2v) is 9.57. The normalized spacial score (nSPS) is 16.0. The molecule has 3 rings (SSSR count). The molecule has 1 unspecified atom stereocenters. The zero-order chi connectivity index (χ0) is 24.7. The van der Waals surface area contributed by atoms with Crippen molar-refractivity contribution in [2.45, 2.75) is 25.3 Å². The fourth-order valence-electron chi connectivity index (χ4n) is 3.79. The van der Waals surface area contributed by atoms with Gasteiger partial charge in [-0.3, -0.25) is 19.2 Å². The van der Waals surface area contributed by atoms with E-state index in [2.05, 4.69) is 4.74 Å². The molecule has 8 nitrogen and oxygen atoms in total. The van der Waals surface area contributed by atoms with Gasteiger partial charge in [0.25, 0.3) is 0 Å². The first-order valence-corrected chi connectivity index (χ1v) is 12.2. The summed E-state index contributed by atoms with van der Waals surface area (Å²) in [5.74, 6) is -1.42. The standard InChI is InChI=1S/C24H28ClN3O5S/c1-26(16-23(31)33-2)21(29)14-20-24(32)27(11-9-17-5-7-18(25)8-6-17)15-22(30)28(20)12-10-19-4-3-13-34-19/h3-8,13,20H,9-12,14-16H2,1-2H3. The smallest absolute Gasteiger partial charge is 0.325 e. The van der Waals surface area contributed by atoms with E-state index in [9.17, 15) is 19.2 Å². The van der Waals surface area contributed by atoms with E-state index in [0.717, 1.165) is 10.4 Å². The van der Waals surface area contributed by atoms with Gasteiger partial charge in [-0.1, -0.05) is 29.8 Å². The van der Waals surface area contributed by atoms with Gasteiger partial charge in [0, 0.05) is 30.0 Å². The predicted octanol–water partition coefficient (Wildman–Crippen LogP) is 2.25. The van der Waals surface area contributed by atoms with Crippen LogP contribution < -0.4 is 0 Å². The number of hydrogen-bond donors (Lipinski definition) is 0. The van der Waals surface area contributed by atoms with Gasteiger partial charge in [-0.05, 0) is 42.0 Å². The number of thiophene rings is 1. The third-order valence-electron chi connectivity index (χ3n) is 5.77. The molecule has 10 heteroatoms. The number of carbonyl (C=O) groups excluding carboxylic acids is 4. The summed E-state index contributed by atoms with van der Waals surface area (Å²) >= 11 is 7.52. The third kappa shape index (κ3) is 6.80. The van der Waals surface area contributed by atoms with E-state index < -0.39 is 17.9 Å². The zero-order valence-corrected chi connectivity index (χ0v) is 20.8. The van der Waals surface area contributed by atoms with E-state index >= 15 is 0 Å². The molecule has 1 aromatic carbocycles. The van der Waals surface area contributed by atoms with Gasteiger partial charge in [-0.2, -0.15) is 0 Å². The Kier molecular flexibility index (Phi) is 9.06. The first kappa shape index (κ1) is 25.7. The summed E-state index contributed by atoms with van der Waals surface area (Å²) in [4.78, 5) is 56.2. The van der Waals surface area contributed by atoms with E-state index in [4.69, 9.17) is 11.6 Å². The van der Waals surface area contributed by atoms with Crippen LogP contribution in [0.4, 0.5) is 0 Å². The minimum atomic E-state index is -0.918. The highest BCUT2D eigenvalue weighted by Crippen LogP contribution is 2.20. The van der Waals surface area contributed by atoms with Gasteiger partial charge >= 0.3 is 5.97 Å². The van der Waals surface area contributed by atoms with Gasteiger partial charge in [0.2, 0.25) is 17.7 Å². The monoisotopic (exact) mass is 505 g/mol. The third-order valence-corrected chi connectivity index (χ3v) is 6.96. The van der Waals surface area contributed by atoms with Crippen molar-refractivity contribution in [3.63, 3.8) is 0 Å². The maximum Gasteiger partial charge on any atom is 0.325 e. The van der Waals surface area contributed by atoms with E-state index in [1.165, 1.54) is 28.9 Å². The number of benzene rings is 1. The minimum absolute atomic E-state index is 0.0282. The van der Waals surface area contributed by atoms with Crippen LogP contribution >= 0.6 is 22.9 Å². The number of hydrogen-bond acceptors (Lipinski definition) is 6. The molecule has 1 aliphatic heterocycles. The summed E-state index contributed by atoms with van der Waals surface area (Å²) in [6.07, 6.45) is 0.971. The molecule has 0 spiro atoms. The maximum atomic E-state index is 13.4. The van der Waals surface area contributed by atoms with Crippen LogP contribution in [-0.4, -0.2) is 84.8 Å². The summed E-state index contributed by atoms with van der Waals surface area (Å²) in [7, 11) is 2.72. The summed E-state index contributed by atoms with van der Waals surface area (Å²) in [6.45, 7) is 0.446. The maximum absolute atomic E-state index is 13.4. The summed E-state index contributed by atoms with van der Waals surface area (Å²) in [5, 5.41) is 2.59. The number of esters is 1. The molecule has 1 aliphatic rings. The largest absolute Gasteiger partial charge is 0.468 e. The van der Waals surface area contributed by atoms with Crippen LogP contribution in [0.1, 0.15) is 16.9 Å². The average molecular weight is 506 g/mol. The SMILES string of the molecule is COC(=O)CN(C)C(=O)CC1C(=O)N(CCc2ccc(Cl)cc2)CC(=O)N1CCc1cccs1. The Hall–Kier alpha value is -2.91. The first-order valence-electron chi connectivity index (χ1n) is 10.9. The fraction of sp³-hybridized carbons (Fsp3) is 0.417. The highest BCUT2D eigenvalue weighted by atomic mass is 35.5. The van der Waals surface area contributed by atoms with Gasteiger partial charge in [-0.25, -0.2) is 0 Å². The van der Waals surface area contributed by atoms with E-state index in [1.807, 2.05) is 29.6 Å². The number of nitrogens with zero attached hydrogens (tertiary/aromatic N) is 3. The molecule has 1 saturated heterocycles. The van der Waals surface area contributed by atoms with Crippen molar-refractivity contribution < 1.29 is 23.9 Å². The number of ether oxygens (including phenoxy) is 1. The van der Waals surface area contributed by atoms with Crippen molar-refractivity contribution in [2.24, 2.45) is 0 Å². The van der Waals surface area contributed by atoms with Crippen molar-refractivity contribution in [3.05, 3.63) is 57.2 Å². The second kappa shape index (κ2) is 12.0. The van der Waals surface area contributed by atoms with Crippen molar-refractivity contribution >= 4 is 46.6 Å². The molecule has 0 radical (unpaired) electrons. The lowest BCUT2D eigenvalue weighted by atomic mass is 10.0. The van der Waals surface area contributed by atoms with Crippen LogP contribution in [0.3, 0.4) is 0 Å². The number of carbonyl (C=O) groups is 4. The fourth-order valence-corrected chi connectivity index (χ4v) is 4.61. The number of piperazine rings is 1. The first-order chi connectivity index (χ1) is 16.3. The van der Waals surface area contributed by atoms with E-state index in [1.54, 1.807) is 23.5 Å². The molecule has 0 N–H and O–H groups in total. The predicted molar refractivity (Wildman–Crippen MR) is 130 cm³/mol. The van der Waals surface area contributed by atoms with Crippen LogP contribution in [0.2, 0.25) is 5.02 Å². The quantitative estimate of drug-likeness (QED) is 0.462. The van der Waals surface area contributed by atoms with Crippen molar-refractivity contribution in [1.82, 2.24) is 14.7 Å². The average Bonchev–Trinajstić information content (AvgIpc) is 3.34. The zero-order valence-electron chi connectivity index (χ0n) is 19.2. The van der Waals surface area contributed by atoms with E-state index in [0.29, 0.717) is 31.0 Å². The number of amides is 3. The van der Waals surface area contributed by atoms with Crippen molar-refractivity contribution in [3.8, 4) is 0 Å². The lowest BCUT2D eigenvalue weighted by molar-refractivity contribution is -0.158. The molecular weight excluding hydrogens is 478 g/mol. The molecular formula is C24H28ClN3O5S.